The van der Waals surface area contributed by atoms with Crippen molar-refractivity contribution in [2.75, 3.05) is 14.2 Å². The van der Waals surface area contributed by atoms with Crippen LogP contribution in [0.5, 0.6) is 11.5 Å². The summed E-state index contributed by atoms with van der Waals surface area (Å²) in [6.07, 6.45) is 9.53. The number of hydrogen-bond donors (Lipinski definition) is 0. The van der Waals surface area contributed by atoms with E-state index in [1.165, 1.54) is 16.7 Å². The summed E-state index contributed by atoms with van der Waals surface area (Å²) in [5.41, 5.74) is 6.94. The van der Waals surface area contributed by atoms with Gasteiger partial charge in [-0.3, -0.25) is 9.59 Å². The van der Waals surface area contributed by atoms with Crippen LogP contribution in [-0.4, -0.2) is 82.3 Å². The van der Waals surface area contributed by atoms with Gasteiger partial charge in [0.25, 0.3) is 0 Å². The lowest BCUT2D eigenvalue weighted by atomic mass is 9.49. The minimum absolute atomic E-state index is 0. The third-order valence-corrected chi connectivity index (χ3v) is 18.5. The summed E-state index contributed by atoms with van der Waals surface area (Å²) in [6, 6.07) is 73.9. The first kappa shape index (κ1) is 67.5. The largest absolute Gasteiger partial charge is 0.496 e. The number of nitrogens with zero attached hydrogens (tertiary/aromatic N) is 4. The van der Waals surface area contributed by atoms with Gasteiger partial charge in [-0.15, -0.1) is 0 Å². The molecule has 2 saturated heterocycles. The van der Waals surface area contributed by atoms with Crippen LogP contribution < -0.4 is 9.47 Å². The highest BCUT2D eigenvalue weighted by molar-refractivity contribution is 14.1. The molecule has 89 heavy (non-hydrogen) atoms. The van der Waals surface area contributed by atoms with E-state index in [9.17, 15) is 9.59 Å². The quantitative estimate of drug-likeness (QED) is 0.0450. The summed E-state index contributed by atoms with van der Waals surface area (Å²) in [7, 11) is 2.24. The van der Waals surface area contributed by atoms with Crippen molar-refractivity contribution in [2.45, 2.75) is 96.3 Å². The molecule has 0 N–H and O–H groups in total. The van der Waals surface area contributed by atoms with Gasteiger partial charge in [-0.05, 0) is 146 Å². The molecule has 0 aliphatic carbocycles. The van der Waals surface area contributed by atoms with Crippen LogP contribution >= 0.6 is 45.2 Å². The lowest BCUT2D eigenvalue weighted by molar-refractivity contribution is 0.00578. The molecule has 0 spiro atoms. The molecular formula is C73H76B2I2N4O8. The fourth-order valence-electron chi connectivity index (χ4n) is 11.0. The van der Waals surface area contributed by atoms with E-state index in [1.54, 1.807) is 32.4 Å². The number of carbonyl (C=O) groups excluding carboxylic acids is 2. The molecule has 12 nitrogen and oxygen atoms in total. The Bertz CT molecular complexity index is 3630. The molecule has 0 bridgehead atoms. The Labute approximate surface area is 552 Å². The first-order valence-corrected chi connectivity index (χ1v) is 31.1. The molecule has 0 saturated carbocycles. The van der Waals surface area contributed by atoms with Gasteiger partial charge in [0.1, 0.15) is 26.3 Å². The van der Waals surface area contributed by atoms with Gasteiger partial charge < -0.3 is 37.2 Å². The van der Waals surface area contributed by atoms with E-state index in [4.69, 9.17) is 33.1 Å². The van der Waals surface area contributed by atoms with Crippen LogP contribution in [-0.2, 0) is 29.7 Å². The van der Waals surface area contributed by atoms with Crippen molar-refractivity contribution < 1.29 is 37.7 Å². The molecule has 456 valence electrons. The Morgan fingerprint density at radius 2 is 0.719 bits per heavy atom. The third kappa shape index (κ3) is 14.0. The maximum atomic E-state index is 11.8. The molecular weight excluding hydrogens is 1340 g/mol. The van der Waals surface area contributed by atoms with Crippen LogP contribution in [0.1, 0.15) is 117 Å². The average molecular weight is 1410 g/mol. The minimum Gasteiger partial charge on any atom is -0.496 e. The Morgan fingerprint density at radius 3 is 1.02 bits per heavy atom. The number of aromatic nitrogens is 4. The molecule has 2 fully saturated rings. The first-order valence-electron chi connectivity index (χ1n) is 29.0. The van der Waals surface area contributed by atoms with Crippen LogP contribution in [0.4, 0.5) is 0 Å². The summed E-state index contributed by atoms with van der Waals surface area (Å²) in [5.74, 6) is 1.36. The predicted molar refractivity (Wildman–Crippen MR) is 374 cm³/mol. The molecule has 0 unspecified atom stereocenters. The second-order valence-electron chi connectivity index (χ2n) is 23.2. The highest BCUT2D eigenvalue weighted by atomic mass is 127. The second kappa shape index (κ2) is 29.0. The van der Waals surface area contributed by atoms with Crippen molar-refractivity contribution in [3.8, 4) is 22.8 Å². The number of imidazole rings is 2. The molecule has 8 aromatic carbocycles. The summed E-state index contributed by atoms with van der Waals surface area (Å²) < 4.78 is 40.6. The van der Waals surface area contributed by atoms with Gasteiger partial charge in [0.05, 0.1) is 64.1 Å². The van der Waals surface area contributed by atoms with E-state index in [2.05, 4.69) is 229 Å². The van der Waals surface area contributed by atoms with Gasteiger partial charge in [0, 0.05) is 23.5 Å². The fraction of sp³-hybridized carbons (Fsp3) is 0.233. The Balaban J connectivity index is 0.000000164. The lowest BCUT2D eigenvalue weighted by Crippen LogP contribution is -2.41. The molecule has 2 aliphatic rings. The fourth-order valence-corrected chi connectivity index (χ4v) is 12.1. The molecule has 16 heteroatoms. The SMILES string of the molecule is C.CC1(C)OB(B2OC(C)(C)C(C)(C)O2)OC1(C)C.COc1cccc(C=O)c1-c1cn(C(c2ccccc2)(c2ccccc2)c2ccccc2)cn1.COc1cccc(C=O)c1I.Ic1cn(C(c2ccccc2)(c2ccccc2)c2ccccc2)cn1. The van der Waals surface area contributed by atoms with Crippen LogP contribution in [0.3, 0.4) is 0 Å². The monoisotopic (exact) mass is 1410 g/mol. The number of benzene rings is 8. The summed E-state index contributed by atoms with van der Waals surface area (Å²) in [5, 5.41) is 0. The molecule has 12 rings (SSSR count). The summed E-state index contributed by atoms with van der Waals surface area (Å²) in [6.45, 7) is 16.2. The van der Waals surface area contributed by atoms with E-state index in [1.807, 2.05) is 111 Å². The maximum absolute atomic E-state index is 11.8. The zero-order chi connectivity index (χ0) is 62.7. The van der Waals surface area contributed by atoms with Gasteiger partial charge in [0.15, 0.2) is 12.6 Å². The number of aldehydes is 2. The van der Waals surface area contributed by atoms with Crippen LogP contribution in [0, 0.1) is 7.27 Å². The maximum Gasteiger partial charge on any atom is 0.488 e. The summed E-state index contributed by atoms with van der Waals surface area (Å²) >= 11 is 4.35. The molecule has 4 heterocycles. The van der Waals surface area contributed by atoms with Crippen molar-refractivity contribution in [1.29, 1.82) is 0 Å². The normalized spacial score (nSPS) is 15.1. The van der Waals surface area contributed by atoms with E-state index < -0.39 is 25.1 Å². The van der Waals surface area contributed by atoms with Crippen molar-refractivity contribution >= 4 is 71.8 Å². The second-order valence-corrected chi connectivity index (χ2v) is 25.3. The molecule has 0 atom stereocenters. The van der Waals surface area contributed by atoms with E-state index in [-0.39, 0.29) is 29.8 Å². The third-order valence-electron chi connectivity index (χ3n) is 16.8. The van der Waals surface area contributed by atoms with Gasteiger partial charge in [-0.25, -0.2) is 9.97 Å². The van der Waals surface area contributed by atoms with Crippen LogP contribution in [0.15, 0.2) is 243 Å². The smallest absolute Gasteiger partial charge is 0.488 e. The zero-order valence-electron chi connectivity index (χ0n) is 51.2. The number of ether oxygens (including phenoxy) is 2. The summed E-state index contributed by atoms with van der Waals surface area (Å²) in [4.78, 5) is 31.6. The zero-order valence-corrected chi connectivity index (χ0v) is 55.5. The van der Waals surface area contributed by atoms with Gasteiger partial charge in [-0.2, -0.15) is 0 Å². The van der Waals surface area contributed by atoms with Crippen LogP contribution in [0.25, 0.3) is 11.3 Å². The van der Waals surface area contributed by atoms with E-state index in [0.717, 1.165) is 42.3 Å². The topological polar surface area (TPSA) is 125 Å². The molecule has 0 amide bonds. The van der Waals surface area contributed by atoms with Gasteiger partial charge in [0.2, 0.25) is 0 Å². The van der Waals surface area contributed by atoms with E-state index >= 15 is 0 Å². The molecule has 2 aromatic heterocycles. The van der Waals surface area contributed by atoms with Gasteiger partial charge >= 0.3 is 14.0 Å². The predicted octanol–water partition coefficient (Wildman–Crippen LogP) is 16.5. The Morgan fingerprint density at radius 1 is 0.416 bits per heavy atom. The number of hydrogen-bond acceptors (Lipinski definition) is 10. The standard InChI is InChI=1S/C30H24N2O2.C22H17IN2.C12H24B2O4.C8H7IO2.CH4/c1-34-28-19-11-12-23(21-33)29(28)27-20-32(22-31-27)30(24-13-5-2-6-14-24,25-15-7-3-8-16-25)26-17-9-4-10-18-26;23-21-16-25(17-24-21)22(18-10-4-1-5-11-18,19-12-6-2-7-13-19)20-14-8-3-9-15-20;1-9(2)10(3,4)16-13(15-9)14-17-11(5,6)12(7,8)18-14;1-11-7-4-2-3-6(5-10)8(7)9;/h2-22H,1H3;1-17H;1-8H3;2-5H,1H3;1H4. The van der Waals surface area contributed by atoms with E-state index in [0.29, 0.717) is 28.1 Å². The molecule has 0 radical (unpaired) electrons. The lowest BCUT2D eigenvalue weighted by Gasteiger charge is -2.37. The highest BCUT2D eigenvalue weighted by Crippen LogP contribution is 2.45. The number of methoxy groups -OCH3 is 2. The Hall–Kier alpha value is -7.45. The first-order chi connectivity index (χ1) is 42.3. The van der Waals surface area contributed by atoms with Crippen molar-refractivity contribution in [3.63, 3.8) is 0 Å². The average Bonchev–Trinajstić information content (AvgIpc) is 1.79. The number of rotatable bonds is 14. The number of carbonyl (C=O) groups is 2. The molecule has 10 aromatic rings. The Kier molecular flexibility index (Phi) is 22.0. The van der Waals surface area contributed by atoms with Crippen LogP contribution in [0.2, 0.25) is 0 Å². The number of halogens is 2. The molecule has 2 aliphatic heterocycles. The highest BCUT2D eigenvalue weighted by Gasteiger charge is 2.63. The van der Waals surface area contributed by atoms with Crippen molar-refractivity contribution in [3.05, 3.63) is 295 Å². The minimum atomic E-state index is -0.668. The van der Waals surface area contributed by atoms with Crippen molar-refractivity contribution in [1.82, 2.24) is 19.1 Å². The van der Waals surface area contributed by atoms with Crippen molar-refractivity contribution in [2.24, 2.45) is 0 Å². The van der Waals surface area contributed by atoms with Gasteiger partial charge in [-0.1, -0.05) is 214 Å².